The summed E-state index contributed by atoms with van der Waals surface area (Å²) >= 11 is 1.55. The van der Waals surface area contributed by atoms with Gasteiger partial charge >= 0.3 is 0 Å². The molecule has 0 N–H and O–H groups in total. The first-order chi connectivity index (χ1) is 11.0. The Balaban J connectivity index is 1.65. The lowest BCUT2D eigenvalue weighted by atomic mass is 10.0. The summed E-state index contributed by atoms with van der Waals surface area (Å²) in [5, 5.41) is 1.05. The molecule has 1 fully saturated rings. The molecule has 1 unspecified atom stereocenters. The van der Waals surface area contributed by atoms with Crippen LogP contribution in [0.15, 0.2) is 24.4 Å². The predicted molar refractivity (Wildman–Crippen MR) is 92.9 cm³/mol. The van der Waals surface area contributed by atoms with Crippen LogP contribution in [0.4, 0.5) is 0 Å². The molecule has 23 heavy (non-hydrogen) atoms. The molecule has 3 rings (SSSR count). The van der Waals surface area contributed by atoms with Crippen LogP contribution in [0, 0.1) is 12.8 Å². The summed E-state index contributed by atoms with van der Waals surface area (Å²) in [5.41, 5.74) is 1.99. The fourth-order valence-electron chi connectivity index (χ4n) is 3.00. The van der Waals surface area contributed by atoms with Crippen molar-refractivity contribution in [2.75, 3.05) is 13.1 Å². The molecule has 5 heteroatoms. The van der Waals surface area contributed by atoms with E-state index in [9.17, 15) is 4.79 Å². The summed E-state index contributed by atoms with van der Waals surface area (Å²) in [5.74, 6) is 1.03. The Morgan fingerprint density at radius 3 is 2.91 bits per heavy atom. The topological polar surface area (TPSA) is 46.1 Å². The average molecular weight is 329 g/mol. The zero-order valence-corrected chi connectivity index (χ0v) is 14.8. The second-order valence-electron chi connectivity index (χ2n) is 6.55. The molecule has 2 aromatic rings. The van der Waals surface area contributed by atoms with Gasteiger partial charge in [0, 0.05) is 30.9 Å². The van der Waals surface area contributed by atoms with Crippen molar-refractivity contribution in [1.82, 2.24) is 14.9 Å². The normalized spacial score (nSPS) is 17.9. The molecule has 0 aliphatic carbocycles. The number of likely N-dealkylation sites (tertiary alicyclic amines) is 1. The van der Waals surface area contributed by atoms with Crippen LogP contribution >= 0.6 is 11.3 Å². The van der Waals surface area contributed by atoms with Gasteiger partial charge in [-0.1, -0.05) is 19.9 Å². The first kappa shape index (κ1) is 16.1. The monoisotopic (exact) mass is 329 g/mol. The highest BCUT2D eigenvalue weighted by Crippen LogP contribution is 2.28. The van der Waals surface area contributed by atoms with Crippen molar-refractivity contribution in [2.45, 2.75) is 39.5 Å². The van der Waals surface area contributed by atoms with Gasteiger partial charge in [-0.25, -0.2) is 4.98 Å². The maximum atomic E-state index is 12.8. The van der Waals surface area contributed by atoms with Crippen LogP contribution in [0.5, 0.6) is 0 Å². The molecule has 122 valence electrons. The molecule has 1 aliphatic rings. The number of thiazole rings is 1. The van der Waals surface area contributed by atoms with E-state index >= 15 is 0 Å². The Kier molecular flexibility index (Phi) is 4.76. The zero-order valence-electron chi connectivity index (χ0n) is 14.0. The Hall–Kier alpha value is -1.75. The minimum atomic E-state index is 0.149. The Bertz CT molecular complexity index is 681. The van der Waals surface area contributed by atoms with Crippen LogP contribution in [0.3, 0.4) is 0 Å². The Morgan fingerprint density at radius 2 is 2.26 bits per heavy atom. The van der Waals surface area contributed by atoms with E-state index in [1.54, 1.807) is 11.3 Å². The highest BCUT2D eigenvalue weighted by atomic mass is 32.1. The molecule has 1 saturated heterocycles. The summed E-state index contributed by atoms with van der Waals surface area (Å²) in [6.45, 7) is 7.84. The second-order valence-corrected chi connectivity index (χ2v) is 7.58. The van der Waals surface area contributed by atoms with Crippen LogP contribution in [-0.2, 0) is 6.42 Å². The number of nitrogens with zero attached hydrogens (tertiary/aromatic N) is 3. The first-order valence-electron chi connectivity index (χ1n) is 8.21. The Labute approximate surface area is 141 Å². The third kappa shape index (κ3) is 3.61. The van der Waals surface area contributed by atoms with Crippen LogP contribution < -0.4 is 0 Å². The van der Waals surface area contributed by atoms with Gasteiger partial charge in [-0.3, -0.25) is 9.78 Å². The molecule has 1 aliphatic heterocycles. The maximum Gasteiger partial charge on any atom is 0.265 e. The van der Waals surface area contributed by atoms with Gasteiger partial charge in [0.2, 0.25) is 0 Å². The fraction of sp³-hybridized carbons (Fsp3) is 0.500. The number of carbonyl (C=O) groups is 1. The standard InChI is InChI=1S/C18H23N3OS/c1-12(2)17-20-13(3)16(23-17)18(22)21-9-7-14(11-21)10-15-6-4-5-8-19-15/h4-6,8,12,14H,7,9-11H2,1-3H3. The number of carbonyl (C=O) groups excluding carboxylic acids is 1. The van der Waals surface area contributed by atoms with E-state index in [2.05, 4.69) is 29.9 Å². The van der Waals surface area contributed by atoms with Crippen LogP contribution in [-0.4, -0.2) is 33.9 Å². The summed E-state index contributed by atoms with van der Waals surface area (Å²) in [7, 11) is 0. The van der Waals surface area contributed by atoms with Gasteiger partial charge in [0.1, 0.15) is 4.88 Å². The van der Waals surface area contributed by atoms with Crippen LogP contribution in [0.1, 0.15) is 52.3 Å². The average Bonchev–Trinajstić information content (AvgIpc) is 3.14. The van der Waals surface area contributed by atoms with Gasteiger partial charge in [0.15, 0.2) is 0 Å². The van der Waals surface area contributed by atoms with Gasteiger partial charge in [-0.15, -0.1) is 11.3 Å². The molecule has 3 heterocycles. The molecule has 0 aromatic carbocycles. The number of rotatable bonds is 4. The van der Waals surface area contributed by atoms with Gasteiger partial charge in [-0.05, 0) is 37.8 Å². The van der Waals surface area contributed by atoms with E-state index in [0.717, 1.165) is 47.2 Å². The Morgan fingerprint density at radius 1 is 1.43 bits per heavy atom. The van der Waals surface area contributed by atoms with Crippen molar-refractivity contribution in [2.24, 2.45) is 5.92 Å². The third-order valence-electron chi connectivity index (χ3n) is 4.30. The fourth-order valence-corrected chi connectivity index (χ4v) is 4.04. The van der Waals surface area contributed by atoms with E-state index in [4.69, 9.17) is 0 Å². The molecular weight excluding hydrogens is 306 g/mol. The predicted octanol–water partition coefficient (Wildman–Crippen LogP) is 3.67. The molecular formula is C18H23N3OS. The van der Waals surface area contributed by atoms with Crippen LogP contribution in [0.2, 0.25) is 0 Å². The highest BCUT2D eigenvalue weighted by molar-refractivity contribution is 7.13. The smallest absolute Gasteiger partial charge is 0.265 e. The van der Waals surface area contributed by atoms with Crippen molar-refractivity contribution in [3.8, 4) is 0 Å². The quantitative estimate of drug-likeness (QED) is 0.859. The minimum Gasteiger partial charge on any atom is -0.338 e. The summed E-state index contributed by atoms with van der Waals surface area (Å²) in [6.07, 6.45) is 3.84. The number of pyridine rings is 1. The number of aryl methyl sites for hydroxylation is 1. The molecule has 1 amide bonds. The SMILES string of the molecule is Cc1nc(C(C)C)sc1C(=O)N1CCC(Cc2ccccn2)C1. The second kappa shape index (κ2) is 6.79. The van der Waals surface area contributed by atoms with E-state index in [-0.39, 0.29) is 5.91 Å². The molecule has 0 radical (unpaired) electrons. The van der Waals surface area contributed by atoms with Gasteiger partial charge in [0.05, 0.1) is 10.7 Å². The molecule has 0 bridgehead atoms. The van der Waals surface area contributed by atoms with Crippen molar-refractivity contribution in [3.63, 3.8) is 0 Å². The van der Waals surface area contributed by atoms with Crippen molar-refractivity contribution < 1.29 is 4.79 Å². The van der Waals surface area contributed by atoms with Gasteiger partial charge in [-0.2, -0.15) is 0 Å². The zero-order chi connectivity index (χ0) is 16.4. The van der Waals surface area contributed by atoms with E-state index in [1.807, 2.05) is 30.2 Å². The van der Waals surface area contributed by atoms with Crippen molar-refractivity contribution in [1.29, 1.82) is 0 Å². The van der Waals surface area contributed by atoms with E-state index in [1.165, 1.54) is 0 Å². The lowest BCUT2D eigenvalue weighted by Crippen LogP contribution is -2.28. The number of amides is 1. The highest BCUT2D eigenvalue weighted by Gasteiger charge is 2.29. The molecule has 0 saturated carbocycles. The summed E-state index contributed by atoms with van der Waals surface area (Å²) in [6, 6.07) is 6.02. The largest absolute Gasteiger partial charge is 0.338 e. The van der Waals surface area contributed by atoms with Crippen LogP contribution in [0.25, 0.3) is 0 Å². The minimum absolute atomic E-state index is 0.149. The van der Waals surface area contributed by atoms with Crippen molar-refractivity contribution in [3.05, 3.63) is 45.7 Å². The summed E-state index contributed by atoms with van der Waals surface area (Å²) in [4.78, 5) is 24.5. The maximum absolute atomic E-state index is 12.8. The molecule has 4 nitrogen and oxygen atoms in total. The number of aromatic nitrogens is 2. The number of hydrogen-bond donors (Lipinski definition) is 0. The lowest BCUT2D eigenvalue weighted by molar-refractivity contribution is 0.0791. The molecule has 0 spiro atoms. The van der Waals surface area contributed by atoms with E-state index < -0.39 is 0 Å². The first-order valence-corrected chi connectivity index (χ1v) is 9.02. The van der Waals surface area contributed by atoms with Gasteiger partial charge in [0.25, 0.3) is 5.91 Å². The van der Waals surface area contributed by atoms with Gasteiger partial charge < -0.3 is 4.90 Å². The molecule has 2 aromatic heterocycles. The third-order valence-corrected chi connectivity index (χ3v) is 5.74. The lowest BCUT2D eigenvalue weighted by Gasteiger charge is -2.15. The number of hydrogen-bond acceptors (Lipinski definition) is 4. The molecule has 1 atom stereocenters. The van der Waals surface area contributed by atoms with Crippen molar-refractivity contribution >= 4 is 17.2 Å². The van der Waals surface area contributed by atoms with E-state index in [0.29, 0.717) is 11.8 Å². The summed E-state index contributed by atoms with van der Waals surface area (Å²) < 4.78 is 0.